The van der Waals surface area contributed by atoms with Gasteiger partial charge in [0.05, 0.1) is 6.04 Å². The number of carbonyl (C=O) groups is 2. The molecule has 5 N–H and O–H groups in total. The smallest absolute Gasteiger partial charge is 0.255 e. The SMILES string of the molecule is CCC(C)[C@H](N)C(=O)Nc1ccc(OCC(N)=O)cc1. The number of carbonyl (C=O) groups excluding carboxylic acids is 2. The van der Waals surface area contributed by atoms with Gasteiger partial charge in [-0.3, -0.25) is 9.59 Å². The first-order chi connectivity index (χ1) is 9.43. The molecule has 110 valence electrons. The Morgan fingerprint density at radius 1 is 1.30 bits per heavy atom. The Bertz CT molecular complexity index is 459. The van der Waals surface area contributed by atoms with Crippen LogP contribution in [0, 0.1) is 5.92 Å². The van der Waals surface area contributed by atoms with E-state index in [1.165, 1.54) is 0 Å². The molecule has 6 nitrogen and oxygen atoms in total. The third-order valence-electron chi connectivity index (χ3n) is 3.06. The van der Waals surface area contributed by atoms with Gasteiger partial charge in [0.15, 0.2) is 6.61 Å². The van der Waals surface area contributed by atoms with Gasteiger partial charge in [-0.2, -0.15) is 0 Å². The van der Waals surface area contributed by atoms with E-state index in [0.717, 1.165) is 6.42 Å². The zero-order chi connectivity index (χ0) is 15.1. The van der Waals surface area contributed by atoms with Crippen LogP contribution in [-0.2, 0) is 9.59 Å². The van der Waals surface area contributed by atoms with Crippen LogP contribution in [-0.4, -0.2) is 24.5 Å². The van der Waals surface area contributed by atoms with Gasteiger partial charge in [0.1, 0.15) is 5.75 Å². The van der Waals surface area contributed by atoms with Gasteiger partial charge in [0, 0.05) is 5.69 Å². The number of amides is 2. The van der Waals surface area contributed by atoms with Crippen molar-refractivity contribution in [2.24, 2.45) is 17.4 Å². The Balaban J connectivity index is 2.56. The molecule has 0 aliphatic heterocycles. The molecule has 1 aromatic rings. The number of rotatable bonds is 7. The molecule has 20 heavy (non-hydrogen) atoms. The Morgan fingerprint density at radius 2 is 1.90 bits per heavy atom. The quantitative estimate of drug-likeness (QED) is 0.688. The van der Waals surface area contributed by atoms with Crippen molar-refractivity contribution in [2.75, 3.05) is 11.9 Å². The van der Waals surface area contributed by atoms with Crippen LogP contribution in [0.4, 0.5) is 5.69 Å². The average molecular weight is 279 g/mol. The van der Waals surface area contributed by atoms with Crippen LogP contribution in [0.2, 0.25) is 0 Å². The number of hydrogen-bond acceptors (Lipinski definition) is 4. The summed E-state index contributed by atoms with van der Waals surface area (Å²) in [5.41, 5.74) is 11.4. The lowest BCUT2D eigenvalue weighted by Gasteiger charge is -2.17. The molecule has 0 saturated heterocycles. The maximum atomic E-state index is 11.9. The fourth-order valence-electron chi connectivity index (χ4n) is 1.53. The van der Waals surface area contributed by atoms with Gasteiger partial charge in [-0.25, -0.2) is 0 Å². The summed E-state index contributed by atoms with van der Waals surface area (Å²) in [6.45, 7) is 3.75. The fraction of sp³-hybridized carbons (Fsp3) is 0.429. The fourth-order valence-corrected chi connectivity index (χ4v) is 1.53. The highest BCUT2D eigenvalue weighted by atomic mass is 16.5. The maximum absolute atomic E-state index is 11.9. The van der Waals surface area contributed by atoms with Gasteiger partial charge in [0.2, 0.25) is 5.91 Å². The number of benzene rings is 1. The van der Waals surface area contributed by atoms with Gasteiger partial charge >= 0.3 is 0 Å². The molecular formula is C14H21N3O3. The van der Waals surface area contributed by atoms with Crippen molar-refractivity contribution in [2.45, 2.75) is 26.3 Å². The van der Waals surface area contributed by atoms with E-state index in [2.05, 4.69) is 5.32 Å². The van der Waals surface area contributed by atoms with Crippen LogP contribution in [0.25, 0.3) is 0 Å². The molecule has 6 heteroatoms. The summed E-state index contributed by atoms with van der Waals surface area (Å²) in [5.74, 6) is -0.131. The van der Waals surface area contributed by atoms with E-state index in [1.54, 1.807) is 24.3 Å². The number of nitrogens with two attached hydrogens (primary N) is 2. The first-order valence-corrected chi connectivity index (χ1v) is 6.51. The molecule has 2 amide bonds. The van der Waals surface area contributed by atoms with Gasteiger partial charge in [-0.15, -0.1) is 0 Å². The van der Waals surface area contributed by atoms with Crippen molar-refractivity contribution in [1.29, 1.82) is 0 Å². The lowest BCUT2D eigenvalue weighted by molar-refractivity contribution is -0.120. The molecule has 0 radical (unpaired) electrons. The molecule has 0 bridgehead atoms. The van der Waals surface area contributed by atoms with Gasteiger partial charge in [-0.1, -0.05) is 20.3 Å². The number of anilines is 1. The topological polar surface area (TPSA) is 107 Å². The second kappa shape index (κ2) is 7.49. The van der Waals surface area contributed by atoms with E-state index in [0.29, 0.717) is 11.4 Å². The second-order valence-corrected chi connectivity index (χ2v) is 4.68. The van der Waals surface area contributed by atoms with E-state index in [4.69, 9.17) is 16.2 Å². The Kier molecular flexibility index (Phi) is 5.99. The summed E-state index contributed by atoms with van der Waals surface area (Å²) in [4.78, 5) is 22.5. The van der Waals surface area contributed by atoms with Crippen molar-refractivity contribution in [3.63, 3.8) is 0 Å². The Morgan fingerprint density at radius 3 is 2.40 bits per heavy atom. The monoisotopic (exact) mass is 279 g/mol. The number of hydrogen-bond donors (Lipinski definition) is 3. The molecular weight excluding hydrogens is 258 g/mol. The summed E-state index contributed by atoms with van der Waals surface area (Å²) in [5, 5.41) is 2.74. The average Bonchev–Trinajstić information content (AvgIpc) is 2.44. The molecule has 1 aromatic carbocycles. The molecule has 0 spiro atoms. The predicted octanol–water partition coefficient (Wildman–Crippen LogP) is 0.863. The normalized spacial score (nSPS) is 13.3. The lowest BCUT2D eigenvalue weighted by atomic mass is 9.99. The highest BCUT2D eigenvalue weighted by Gasteiger charge is 2.19. The maximum Gasteiger partial charge on any atom is 0.255 e. The molecule has 0 fully saturated rings. The summed E-state index contributed by atoms with van der Waals surface area (Å²) in [6, 6.07) is 6.11. The summed E-state index contributed by atoms with van der Waals surface area (Å²) >= 11 is 0. The highest BCUT2D eigenvalue weighted by molar-refractivity contribution is 5.94. The number of nitrogens with one attached hydrogen (secondary N) is 1. The molecule has 0 saturated carbocycles. The Labute approximate surface area is 118 Å². The molecule has 0 aliphatic rings. The Hall–Kier alpha value is -2.08. The largest absolute Gasteiger partial charge is 0.484 e. The summed E-state index contributed by atoms with van der Waals surface area (Å²) < 4.78 is 5.12. The first kappa shape index (κ1) is 16.0. The van der Waals surface area contributed by atoms with Crippen molar-refractivity contribution in [3.05, 3.63) is 24.3 Å². The van der Waals surface area contributed by atoms with Crippen LogP contribution in [0.15, 0.2) is 24.3 Å². The molecule has 0 heterocycles. The van der Waals surface area contributed by atoms with E-state index in [-0.39, 0.29) is 18.4 Å². The third-order valence-corrected chi connectivity index (χ3v) is 3.06. The van der Waals surface area contributed by atoms with E-state index < -0.39 is 11.9 Å². The molecule has 0 aliphatic carbocycles. The van der Waals surface area contributed by atoms with Crippen molar-refractivity contribution in [1.82, 2.24) is 0 Å². The highest BCUT2D eigenvalue weighted by Crippen LogP contribution is 2.16. The molecule has 1 rings (SSSR count). The third kappa shape index (κ3) is 4.89. The van der Waals surface area contributed by atoms with E-state index in [1.807, 2.05) is 13.8 Å². The van der Waals surface area contributed by atoms with Crippen molar-refractivity contribution >= 4 is 17.5 Å². The van der Waals surface area contributed by atoms with Gasteiger partial charge < -0.3 is 21.5 Å². The van der Waals surface area contributed by atoms with E-state index >= 15 is 0 Å². The van der Waals surface area contributed by atoms with Gasteiger partial charge in [-0.05, 0) is 30.2 Å². The van der Waals surface area contributed by atoms with Crippen LogP contribution in [0.3, 0.4) is 0 Å². The van der Waals surface area contributed by atoms with E-state index in [9.17, 15) is 9.59 Å². The number of ether oxygens (including phenoxy) is 1. The first-order valence-electron chi connectivity index (χ1n) is 6.51. The minimum absolute atomic E-state index is 0.119. The van der Waals surface area contributed by atoms with Crippen LogP contribution < -0.4 is 21.5 Å². The zero-order valence-corrected chi connectivity index (χ0v) is 11.8. The van der Waals surface area contributed by atoms with Crippen molar-refractivity contribution in [3.8, 4) is 5.75 Å². The minimum Gasteiger partial charge on any atom is -0.484 e. The molecule has 2 atom stereocenters. The number of primary amides is 1. The summed E-state index contributed by atoms with van der Waals surface area (Å²) in [6.07, 6.45) is 0.842. The summed E-state index contributed by atoms with van der Waals surface area (Å²) in [7, 11) is 0. The standard InChI is InChI=1S/C14H21N3O3/c1-3-9(2)13(16)14(19)17-10-4-6-11(7-5-10)20-8-12(15)18/h4-7,9,13H,3,8,16H2,1-2H3,(H2,15,18)(H,17,19)/t9?,13-/m0/s1. The van der Waals surface area contributed by atoms with Crippen molar-refractivity contribution < 1.29 is 14.3 Å². The van der Waals surface area contributed by atoms with Gasteiger partial charge in [0.25, 0.3) is 5.91 Å². The zero-order valence-electron chi connectivity index (χ0n) is 11.8. The second-order valence-electron chi connectivity index (χ2n) is 4.68. The predicted molar refractivity (Wildman–Crippen MR) is 77.2 cm³/mol. The lowest BCUT2D eigenvalue weighted by Crippen LogP contribution is -2.40. The van der Waals surface area contributed by atoms with Crippen LogP contribution >= 0.6 is 0 Å². The molecule has 0 aromatic heterocycles. The molecule has 1 unspecified atom stereocenters. The van der Waals surface area contributed by atoms with Crippen LogP contribution in [0.1, 0.15) is 20.3 Å². The minimum atomic E-state index is -0.540. The van der Waals surface area contributed by atoms with Crippen LogP contribution in [0.5, 0.6) is 5.75 Å².